The van der Waals surface area contributed by atoms with Crippen molar-refractivity contribution < 1.29 is 22.7 Å². The highest BCUT2D eigenvalue weighted by Crippen LogP contribution is 2.20. The topological polar surface area (TPSA) is 41.6 Å². The number of fused-ring (bicyclic) bond motifs is 3. The third-order valence-corrected chi connectivity index (χ3v) is 3.80. The standard InChI is InChI=1S/C14H15F3N2O2/c15-9-1-12(16)11(13(17)2-9)5-19-3-8-6-21-7-10(4-19)18-14(8)20/h1-2,8,10H,3-7H2,(H,18,20)/t8-,10+/m1/s1. The number of carbonyl (C=O) groups is 1. The summed E-state index contributed by atoms with van der Waals surface area (Å²) < 4.78 is 45.8. The van der Waals surface area contributed by atoms with Gasteiger partial charge in [0.1, 0.15) is 17.5 Å². The van der Waals surface area contributed by atoms with E-state index in [0.717, 1.165) is 0 Å². The van der Waals surface area contributed by atoms with Gasteiger partial charge in [-0.15, -0.1) is 0 Å². The molecule has 0 aliphatic carbocycles. The van der Waals surface area contributed by atoms with E-state index in [1.807, 2.05) is 0 Å². The molecule has 7 heteroatoms. The van der Waals surface area contributed by atoms with Crippen LogP contribution in [0.4, 0.5) is 13.2 Å². The molecule has 2 heterocycles. The minimum atomic E-state index is -0.938. The summed E-state index contributed by atoms with van der Waals surface area (Å²) in [5, 5.41) is 2.84. The van der Waals surface area contributed by atoms with E-state index >= 15 is 0 Å². The van der Waals surface area contributed by atoms with E-state index in [4.69, 9.17) is 4.74 Å². The predicted molar refractivity (Wildman–Crippen MR) is 67.8 cm³/mol. The zero-order valence-electron chi connectivity index (χ0n) is 11.2. The fourth-order valence-corrected chi connectivity index (χ4v) is 2.80. The third kappa shape index (κ3) is 3.03. The second kappa shape index (κ2) is 5.65. The Hall–Kier alpha value is -1.60. The summed E-state index contributed by atoms with van der Waals surface area (Å²) in [7, 11) is 0. The van der Waals surface area contributed by atoms with Crippen LogP contribution in [0.2, 0.25) is 0 Å². The van der Waals surface area contributed by atoms with Gasteiger partial charge in [0.05, 0.1) is 25.2 Å². The van der Waals surface area contributed by atoms with Gasteiger partial charge < -0.3 is 10.1 Å². The van der Waals surface area contributed by atoms with Crippen molar-refractivity contribution in [1.29, 1.82) is 0 Å². The van der Waals surface area contributed by atoms with E-state index in [1.54, 1.807) is 4.90 Å². The number of nitrogens with zero attached hydrogens (tertiary/aromatic N) is 1. The van der Waals surface area contributed by atoms with Crippen LogP contribution in [0, 0.1) is 23.4 Å². The lowest BCUT2D eigenvalue weighted by Gasteiger charge is -2.27. The zero-order chi connectivity index (χ0) is 15.0. The fourth-order valence-electron chi connectivity index (χ4n) is 2.80. The smallest absolute Gasteiger partial charge is 0.227 e. The van der Waals surface area contributed by atoms with Gasteiger partial charge in [-0.1, -0.05) is 0 Å². The highest BCUT2D eigenvalue weighted by molar-refractivity contribution is 5.79. The molecule has 2 bridgehead atoms. The van der Waals surface area contributed by atoms with E-state index in [2.05, 4.69) is 5.32 Å². The highest BCUT2D eigenvalue weighted by atomic mass is 19.1. The monoisotopic (exact) mass is 300 g/mol. The normalized spacial score (nSPS) is 26.3. The van der Waals surface area contributed by atoms with Crippen LogP contribution in [-0.2, 0) is 16.1 Å². The van der Waals surface area contributed by atoms with Crippen molar-refractivity contribution in [1.82, 2.24) is 10.2 Å². The zero-order valence-corrected chi connectivity index (χ0v) is 11.2. The van der Waals surface area contributed by atoms with Gasteiger partial charge in [0.2, 0.25) is 5.91 Å². The van der Waals surface area contributed by atoms with Gasteiger partial charge in [0, 0.05) is 37.3 Å². The molecule has 114 valence electrons. The van der Waals surface area contributed by atoms with Crippen molar-refractivity contribution >= 4 is 5.91 Å². The summed E-state index contributed by atoms with van der Waals surface area (Å²) >= 11 is 0. The maximum absolute atomic E-state index is 13.7. The summed E-state index contributed by atoms with van der Waals surface area (Å²) in [4.78, 5) is 13.7. The Bertz CT molecular complexity index is 544. The molecule has 1 aromatic rings. The summed E-state index contributed by atoms with van der Waals surface area (Å²) in [6, 6.07) is 1.14. The second-order valence-corrected chi connectivity index (χ2v) is 5.48. The van der Waals surface area contributed by atoms with Crippen LogP contribution in [0.5, 0.6) is 0 Å². The Balaban J connectivity index is 1.81. The van der Waals surface area contributed by atoms with Crippen LogP contribution < -0.4 is 5.32 Å². The summed E-state index contributed by atoms with van der Waals surface area (Å²) in [5.74, 6) is -3.20. The van der Waals surface area contributed by atoms with Crippen molar-refractivity contribution in [2.75, 3.05) is 26.3 Å². The lowest BCUT2D eigenvalue weighted by atomic mass is 10.1. The number of hydrogen-bond donors (Lipinski definition) is 1. The van der Waals surface area contributed by atoms with E-state index in [1.165, 1.54) is 0 Å². The summed E-state index contributed by atoms with van der Waals surface area (Å²) in [6.07, 6.45) is 0. The van der Waals surface area contributed by atoms with E-state index in [9.17, 15) is 18.0 Å². The van der Waals surface area contributed by atoms with Gasteiger partial charge in [0.15, 0.2) is 0 Å². The van der Waals surface area contributed by atoms with Crippen molar-refractivity contribution in [2.24, 2.45) is 5.92 Å². The third-order valence-electron chi connectivity index (χ3n) is 3.80. The highest BCUT2D eigenvalue weighted by Gasteiger charge is 2.33. The van der Waals surface area contributed by atoms with Crippen LogP contribution in [0.15, 0.2) is 12.1 Å². The number of hydrogen-bond acceptors (Lipinski definition) is 3. The molecule has 0 radical (unpaired) electrons. The van der Waals surface area contributed by atoms with Gasteiger partial charge in [-0.05, 0) is 0 Å². The van der Waals surface area contributed by atoms with Gasteiger partial charge in [0.25, 0.3) is 0 Å². The molecule has 1 amide bonds. The minimum absolute atomic E-state index is 0.0000926. The summed E-state index contributed by atoms with van der Waals surface area (Å²) in [6.45, 7) is 1.48. The van der Waals surface area contributed by atoms with Crippen molar-refractivity contribution in [3.8, 4) is 0 Å². The van der Waals surface area contributed by atoms with Crippen LogP contribution in [-0.4, -0.2) is 43.2 Å². The minimum Gasteiger partial charge on any atom is -0.378 e. The first kappa shape index (κ1) is 14.3. The number of amides is 1. The van der Waals surface area contributed by atoms with Crippen molar-refractivity contribution in [3.05, 3.63) is 35.1 Å². The van der Waals surface area contributed by atoms with E-state index < -0.39 is 17.5 Å². The number of carbonyl (C=O) groups excluding carboxylic acids is 1. The maximum atomic E-state index is 13.7. The first-order valence-corrected chi connectivity index (χ1v) is 6.77. The number of nitrogens with one attached hydrogen (secondary N) is 1. The molecule has 2 aliphatic heterocycles. The molecule has 1 N–H and O–H groups in total. The molecule has 4 nitrogen and oxygen atoms in total. The number of benzene rings is 1. The molecular formula is C14H15F3N2O2. The Labute approximate surface area is 119 Å². The average Bonchev–Trinajstić information content (AvgIpc) is 2.62. The second-order valence-electron chi connectivity index (χ2n) is 5.48. The Morgan fingerprint density at radius 3 is 2.62 bits per heavy atom. The van der Waals surface area contributed by atoms with Crippen molar-refractivity contribution in [3.63, 3.8) is 0 Å². The lowest BCUT2D eigenvalue weighted by Crippen LogP contribution is -2.41. The van der Waals surface area contributed by atoms with Crippen molar-refractivity contribution in [2.45, 2.75) is 12.6 Å². The molecule has 2 saturated heterocycles. The van der Waals surface area contributed by atoms with E-state index in [-0.39, 0.29) is 30.0 Å². The van der Waals surface area contributed by atoms with Gasteiger partial charge in [-0.25, -0.2) is 13.2 Å². The van der Waals surface area contributed by atoms with Gasteiger partial charge in [-0.3, -0.25) is 9.69 Å². The van der Waals surface area contributed by atoms with Gasteiger partial charge >= 0.3 is 0 Å². The molecule has 1 aromatic carbocycles. The molecule has 0 saturated carbocycles. The number of rotatable bonds is 2. The van der Waals surface area contributed by atoms with Crippen LogP contribution >= 0.6 is 0 Å². The SMILES string of the molecule is O=C1N[C@@H]2COC[C@H]1CN(Cc1c(F)cc(F)cc1F)C2. The lowest BCUT2D eigenvalue weighted by molar-refractivity contribution is -0.125. The molecule has 0 unspecified atom stereocenters. The molecule has 21 heavy (non-hydrogen) atoms. The number of halogens is 3. The molecule has 3 rings (SSSR count). The first-order chi connectivity index (χ1) is 10.0. The number of ether oxygens (including phenoxy) is 1. The van der Waals surface area contributed by atoms with Crippen LogP contribution in [0.1, 0.15) is 5.56 Å². The largest absolute Gasteiger partial charge is 0.378 e. The molecule has 0 aromatic heterocycles. The Morgan fingerprint density at radius 1 is 1.19 bits per heavy atom. The molecule has 0 spiro atoms. The Morgan fingerprint density at radius 2 is 1.90 bits per heavy atom. The average molecular weight is 300 g/mol. The fraction of sp³-hybridized carbons (Fsp3) is 0.500. The molecule has 2 atom stereocenters. The molecular weight excluding hydrogens is 285 g/mol. The van der Waals surface area contributed by atoms with E-state index in [0.29, 0.717) is 38.4 Å². The molecule has 2 fully saturated rings. The van der Waals surface area contributed by atoms with Crippen LogP contribution in [0.3, 0.4) is 0 Å². The summed E-state index contributed by atoms with van der Waals surface area (Å²) in [5.41, 5.74) is -0.176. The quantitative estimate of drug-likeness (QED) is 0.888. The Kier molecular flexibility index (Phi) is 3.86. The maximum Gasteiger partial charge on any atom is 0.227 e. The predicted octanol–water partition coefficient (Wildman–Crippen LogP) is 1.05. The molecule has 2 aliphatic rings. The first-order valence-electron chi connectivity index (χ1n) is 6.77. The van der Waals surface area contributed by atoms with Gasteiger partial charge in [-0.2, -0.15) is 0 Å². The van der Waals surface area contributed by atoms with Crippen LogP contribution in [0.25, 0.3) is 0 Å².